The Hall–Kier alpha value is -3.47. The van der Waals surface area contributed by atoms with Gasteiger partial charge in [0.25, 0.3) is 5.91 Å². The average molecular weight is 510 g/mol. The van der Waals surface area contributed by atoms with Gasteiger partial charge < -0.3 is 26.0 Å². The lowest BCUT2D eigenvalue weighted by Gasteiger charge is -2.38. The van der Waals surface area contributed by atoms with E-state index in [4.69, 9.17) is 17.3 Å². The zero-order valence-electron chi connectivity index (χ0n) is 19.9. The molecule has 1 aromatic heterocycles. The van der Waals surface area contributed by atoms with Gasteiger partial charge in [0.05, 0.1) is 17.7 Å². The van der Waals surface area contributed by atoms with Gasteiger partial charge in [-0.25, -0.2) is 14.8 Å². The highest BCUT2D eigenvalue weighted by molar-refractivity contribution is 6.30. The molecule has 0 radical (unpaired) electrons. The average Bonchev–Trinajstić information content (AvgIpc) is 3.25. The molecule has 2 aromatic carbocycles. The molecule has 10 nitrogen and oxygen atoms in total. The van der Waals surface area contributed by atoms with Crippen LogP contribution in [-0.4, -0.2) is 88.2 Å². The molecule has 2 atom stereocenters. The standard InChI is InChI=1S/C25H28ClN7O3/c1-15-28-20-7-6-18(30-25(27)36)12-19(20)23(29-15)33-13-21(22(34)14-33)31-8-10-32(11-9-31)24(35)16-2-4-17(26)5-3-16/h2-7,12,21-22,34H,8-11,13-14H2,1H3,(H3,27,30,36)/t21-,22-/m0/s1. The number of carbonyl (C=O) groups excluding carboxylic acids is 2. The molecule has 188 valence electrons. The third-order valence-electron chi connectivity index (χ3n) is 6.78. The number of β-amino-alcohol motifs (C(OH)–C–C–N with tert-alkyl or cyclic N) is 1. The largest absolute Gasteiger partial charge is 0.390 e. The summed E-state index contributed by atoms with van der Waals surface area (Å²) in [5.74, 6) is 1.33. The van der Waals surface area contributed by atoms with Crippen LogP contribution in [0.2, 0.25) is 5.02 Å². The van der Waals surface area contributed by atoms with Gasteiger partial charge in [0.15, 0.2) is 0 Å². The molecule has 0 unspecified atom stereocenters. The Morgan fingerprint density at radius 2 is 1.78 bits per heavy atom. The van der Waals surface area contributed by atoms with Crippen LogP contribution in [0.15, 0.2) is 42.5 Å². The monoisotopic (exact) mass is 509 g/mol. The molecule has 5 rings (SSSR count). The number of urea groups is 1. The van der Waals surface area contributed by atoms with Crippen molar-refractivity contribution in [3.05, 3.63) is 58.9 Å². The fraction of sp³-hybridized carbons (Fsp3) is 0.360. The molecule has 11 heteroatoms. The summed E-state index contributed by atoms with van der Waals surface area (Å²) in [6.07, 6.45) is -0.569. The van der Waals surface area contributed by atoms with Crippen LogP contribution >= 0.6 is 11.6 Å². The number of amides is 3. The van der Waals surface area contributed by atoms with E-state index in [-0.39, 0.29) is 11.9 Å². The summed E-state index contributed by atoms with van der Waals surface area (Å²) in [6.45, 7) is 5.36. The number of hydrogen-bond donors (Lipinski definition) is 3. The number of fused-ring (bicyclic) bond motifs is 1. The van der Waals surface area contributed by atoms with Crippen LogP contribution < -0.4 is 16.0 Å². The minimum atomic E-state index is -0.644. The van der Waals surface area contributed by atoms with Gasteiger partial charge in [-0.3, -0.25) is 9.69 Å². The quantitative estimate of drug-likeness (QED) is 0.491. The number of hydrogen-bond acceptors (Lipinski definition) is 7. The summed E-state index contributed by atoms with van der Waals surface area (Å²) in [5.41, 5.74) is 7.21. The number of nitrogens with one attached hydrogen (secondary N) is 1. The van der Waals surface area contributed by atoms with E-state index in [1.807, 2.05) is 17.9 Å². The minimum Gasteiger partial charge on any atom is -0.390 e. The van der Waals surface area contributed by atoms with Gasteiger partial charge >= 0.3 is 6.03 Å². The number of rotatable bonds is 4. The maximum atomic E-state index is 12.8. The number of nitrogens with two attached hydrogens (primary N) is 1. The summed E-state index contributed by atoms with van der Waals surface area (Å²) in [6, 6.07) is 11.6. The number of aromatic nitrogens is 2. The van der Waals surface area contributed by atoms with E-state index in [0.717, 1.165) is 10.9 Å². The Labute approximate surface area is 213 Å². The number of carbonyl (C=O) groups is 2. The van der Waals surface area contributed by atoms with E-state index in [1.54, 1.807) is 36.4 Å². The second kappa shape index (κ2) is 9.88. The summed E-state index contributed by atoms with van der Waals surface area (Å²) >= 11 is 5.94. The number of piperazine rings is 1. The van der Waals surface area contributed by atoms with Crippen molar-refractivity contribution in [2.75, 3.05) is 49.5 Å². The number of aliphatic hydroxyl groups excluding tert-OH is 1. The van der Waals surface area contributed by atoms with Gasteiger partial charge in [0.2, 0.25) is 0 Å². The Balaban J connectivity index is 1.29. The first-order valence-electron chi connectivity index (χ1n) is 11.9. The molecule has 0 bridgehead atoms. The van der Waals surface area contributed by atoms with Gasteiger partial charge in [0.1, 0.15) is 11.6 Å². The molecule has 4 N–H and O–H groups in total. The lowest BCUT2D eigenvalue weighted by Crippen LogP contribution is -2.54. The van der Waals surface area contributed by atoms with Crippen molar-refractivity contribution in [2.24, 2.45) is 5.73 Å². The first-order valence-corrected chi connectivity index (χ1v) is 12.2. The van der Waals surface area contributed by atoms with Crippen molar-refractivity contribution in [3.8, 4) is 0 Å². The smallest absolute Gasteiger partial charge is 0.316 e. The predicted molar refractivity (Wildman–Crippen MR) is 138 cm³/mol. The highest BCUT2D eigenvalue weighted by Crippen LogP contribution is 2.31. The van der Waals surface area contributed by atoms with Crippen LogP contribution in [0.4, 0.5) is 16.3 Å². The summed E-state index contributed by atoms with van der Waals surface area (Å²) in [7, 11) is 0. The lowest BCUT2D eigenvalue weighted by atomic mass is 10.1. The van der Waals surface area contributed by atoms with Crippen molar-refractivity contribution in [1.29, 1.82) is 0 Å². The molecule has 2 aliphatic rings. The molecule has 3 amide bonds. The molecule has 0 aliphatic carbocycles. The Bertz CT molecular complexity index is 1290. The number of benzene rings is 2. The van der Waals surface area contributed by atoms with Gasteiger partial charge in [-0.2, -0.15) is 0 Å². The fourth-order valence-electron chi connectivity index (χ4n) is 5.02. The summed E-state index contributed by atoms with van der Waals surface area (Å²) in [4.78, 5) is 39.5. The van der Waals surface area contributed by atoms with Gasteiger partial charge in [-0.1, -0.05) is 11.6 Å². The maximum absolute atomic E-state index is 12.8. The normalized spacial score (nSPS) is 20.6. The van der Waals surface area contributed by atoms with E-state index < -0.39 is 12.1 Å². The van der Waals surface area contributed by atoms with Crippen LogP contribution in [0.25, 0.3) is 10.9 Å². The predicted octanol–water partition coefficient (Wildman–Crippen LogP) is 2.09. The Morgan fingerprint density at radius 3 is 2.47 bits per heavy atom. The van der Waals surface area contributed by atoms with Crippen molar-refractivity contribution in [1.82, 2.24) is 19.8 Å². The third kappa shape index (κ3) is 4.92. The number of primary amides is 1. The summed E-state index contributed by atoms with van der Waals surface area (Å²) < 4.78 is 0. The van der Waals surface area contributed by atoms with E-state index >= 15 is 0 Å². The fourth-order valence-corrected chi connectivity index (χ4v) is 5.15. The van der Waals surface area contributed by atoms with Gasteiger partial charge in [-0.15, -0.1) is 0 Å². The topological polar surface area (TPSA) is 128 Å². The Morgan fingerprint density at radius 1 is 1.06 bits per heavy atom. The highest BCUT2D eigenvalue weighted by Gasteiger charge is 2.38. The third-order valence-corrected chi connectivity index (χ3v) is 7.03. The molecule has 2 aliphatic heterocycles. The highest BCUT2D eigenvalue weighted by atomic mass is 35.5. The van der Waals surface area contributed by atoms with Crippen LogP contribution in [0.1, 0.15) is 16.2 Å². The second-order valence-electron chi connectivity index (χ2n) is 9.19. The number of halogens is 1. The van der Waals surface area contributed by atoms with Crippen molar-refractivity contribution in [3.63, 3.8) is 0 Å². The van der Waals surface area contributed by atoms with Crippen LogP contribution in [0.3, 0.4) is 0 Å². The molecule has 0 spiro atoms. The first-order chi connectivity index (χ1) is 17.3. The molecule has 2 saturated heterocycles. The van der Waals surface area contributed by atoms with Gasteiger partial charge in [-0.05, 0) is 49.4 Å². The maximum Gasteiger partial charge on any atom is 0.316 e. The van der Waals surface area contributed by atoms with Crippen molar-refractivity contribution in [2.45, 2.75) is 19.1 Å². The molecular formula is C25H28ClN7O3. The Kier molecular flexibility index (Phi) is 6.65. The van der Waals surface area contributed by atoms with Crippen LogP contribution in [-0.2, 0) is 0 Å². The van der Waals surface area contributed by atoms with E-state index in [9.17, 15) is 14.7 Å². The molecule has 2 fully saturated rings. The molecule has 3 heterocycles. The second-order valence-corrected chi connectivity index (χ2v) is 9.63. The molecule has 3 aromatic rings. The summed E-state index contributed by atoms with van der Waals surface area (Å²) in [5, 5.41) is 14.9. The van der Waals surface area contributed by atoms with Gasteiger partial charge in [0, 0.05) is 60.9 Å². The number of anilines is 2. The lowest BCUT2D eigenvalue weighted by molar-refractivity contribution is 0.0376. The number of aliphatic hydroxyl groups is 1. The molecule has 0 saturated carbocycles. The minimum absolute atomic E-state index is 0.0109. The number of aryl methyl sites for hydroxylation is 1. The first kappa shape index (κ1) is 24.2. The van der Waals surface area contributed by atoms with Crippen molar-refractivity contribution >= 4 is 45.9 Å². The van der Waals surface area contributed by atoms with E-state index in [2.05, 4.69) is 25.1 Å². The van der Waals surface area contributed by atoms with Crippen LogP contribution in [0.5, 0.6) is 0 Å². The zero-order valence-corrected chi connectivity index (χ0v) is 20.6. The molecular weight excluding hydrogens is 482 g/mol. The van der Waals surface area contributed by atoms with E-state index in [0.29, 0.717) is 67.2 Å². The van der Waals surface area contributed by atoms with Crippen molar-refractivity contribution < 1.29 is 14.7 Å². The zero-order chi connectivity index (χ0) is 25.4. The number of nitrogens with zero attached hydrogens (tertiary/aromatic N) is 5. The SMILES string of the molecule is Cc1nc(N2C[C@H](O)[C@@H](N3CCN(C(=O)c4ccc(Cl)cc4)CC3)C2)c2cc(NC(N)=O)ccc2n1. The van der Waals surface area contributed by atoms with E-state index in [1.165, 1.54) is 0 Å². The molecule has 36 heavy (non-hydrogen) atoms. The van der Waals surface area contributed by atoms with Crippen LogP contribution in [0, 0.1) is 6.92 Å².